The fraction of sp³-hybridized carbons (Fsp3) is 0.350. The molecule has 0 atom stereocenters. The molecule has 0 saturated heterocycles. The van der Waals surface area contributed by atoms with Crippen LogP contribution in [0.4, 0.5) is 5.69 Å². The lowest BCUT2D eigenvalue weighted by atomic mass is 10.0. The van der Waals surface area contributed by atoms with E-state index < -0.39 is 15.6 Å². The highest BCUT2D eigenvalue weighted by molar-refractivity contribution is 7.92. The molecule has 0 spiro atoms. The normalized spacial score (nSPS) is 11.9. The Bertz CT molecular complexity index is 909. The maximum atomic E-state index is 13.3. The third kappa shape index (κ3) is 5.23. The second-order valence-electron chi connectivity index (χ2n) is 7.04. The van der Waals surface area contributed by atoms with Gasteiger partial charge in [-0.3, -0.25) is 9.10 Å². The summed E-state index contributed by atoms with van der Waals surface area (Å²) >= 11 is 5.88. The largest absolute Gasteiger partial charge is 0.350 e. The molecule has 0 bridgehead atoms. The lowest BCUT2D eigenvalue weighted by Crippen LogP contribution is -2.48. The Hall–Kier alpha value is -2.05. The van der Waals surface area contributed by atoms with E-state index in [2.05, 4.69) is 5.32 Å². The van der Waals surface area contributed by atoms with Gasteiger partial charge < -0.3 is 5.32 Å². The fourth-order valence-electron chi connectivity index (χ4n) is 2.51. The number of carbonyl (C=O) groups excluding carboxylic acids is 1. The molecule has 1 N–H and O–H groups in total. The summed E-state index contributed by atoms with van der Waals surface area (Å²) in [6.07, 6.45) is 0.729. The van der Waals surface area contributed by atoms with E-state index in [1.165, 1.54) is 24.3 Å². The van der Waals surface area contributed by atoms with E-state index in [4.69, 9.17) is 11.6 Å². The predicted octanol–water partition coefficient (Wildman–Crippen LogP) is 4.15. The van der Waals surface area contributed by atoms with E-state index in [0.29, 0.717) is 10.7 Å². The number of halogens is 1. The monoisotopic (exact) mass is 408 g/mol. The van der Waals surface area contributed by atoms with Gasteiger partial charge in [-0.25, -0.2) is 8.42 Å². The van der Waals surface area contributed by atoms with Crippen molar-refractivity contribution in [3.8, 4) is 0 Å². The fourth-order valence-corrected chi connectivity index (χ4v) is 4.12. The minimum Gasteiger partial charge on any atom is -0.350 e. The van der Waals surface area contributed by atoms with Crippen molar-refractivity contribution in [2.75, 3.05) is 10.8 Å². The van der Waals surface area contributed by atoms with Crippen molar-refractivity contribution in [1.29, 1.82) is 0 Å². The van der Waals surface area contributed by atoms with Crippen molar-refractivity contribution in [3.05, 3.63) is 59.1 Å². The van der Waals surface area contributed by atoms with Crippen LogP contribution in [0.25, 0.3) is 0 Å². The van der Waals surface area contributed by atoms with Crippen molar-refractivity contribution in [1.82, 2.24) is 5.32 Å². The number of hydrogen-bond acceptors (Lipinski definition) is 3. The average molecular weight is 409 g/mol. The molecular formula is C20H25ClN2O3S. The Morgan fingerprint density at radius 3 is 2.26 bits per heavy atom. The van der Waals surface area contributed by atoms with E-state index in [0.717, 1.165) is 16.3 Å². The standard InChI is InChI=1S/C20H25ClN2O3S/c1-5-20(3,4)22-19(24)14-23(18-9-7-6-8-15(18)2)27(25,26)17-12-10-16(21)11-13-17/h6-13H,5,14H2,1-4H3,(H,22,24). The van der Waals surface area contributed by atoms with Crippen molar-refractivity contribution in [3.63, 3.8) is 0 Å². The van der Waals surface area contributed by atoms with Crippen LogP contribution in [-0.2, 0) is 14.8 Å². The quantitative estimate of drug-likeness (QED) is 0.748. The first-order valence-electron chi connectivity index (χ1n) is 8.72. The number of amides is 1. The molecule has 0 radical (unpaired) electrons. The third-order valence-corrected chi connectivity index (χ3v) is 6.46. The summed E-state index contributed by atoms with van der Waals surface area (Å²) in [4.78, 5) is 12.7. The van der Waals surface area contributed by atoms with Crippen molar-refractivity contribution in [2.24, 2.45) is 0 Å². The van der Waals surface area contributed by atoms with Gasteiger partial charge in [0.2, 0.25) is 5.91 Å². The van der Waals surface area contributed by atoms with Gasteiger partial charge in [-0.1, -0.05) is 36.7 Å². The topological polar surface area (TPSA) is 66.5 Å². The number of nitrogens with zero attached hydrogens (tertiary/aromatic N) is 1. The van der Waals surface area contributed by atoms with E-state index in [9.17, 15) is 13.2 Å². The van der Waals surface area contributed by atoms with Crippen LogP contribution in [0.5, 0.6) is 0 Å². The maximum absolute atomic E-state index is 13.3. The van der Waals surface area contributed by atoms with E-state index >= 15 is 0 Å². The molecule has 0 fully saturated rings. The van der Waals surface area contributed by atoms with Crippen molar-refractivity contribution >= 4 is 33.2 Å². The minimum absolute atomic E-state index is 0.0812. The molecule has 0 heterocycles. The first-order valence-corrected chi connectivity index (χ1v) is 10.5. The first kappa shape index (κ1) is 21.3. The number of rotatable bonds is 7. The summed E-state index contributed by atoms with van der Waals surface area (Å²) in [5.74, 6) is -0.359. The molecule has 0 saturated carbocycles. The molecule has 0 aliphatic rings. The molecule has 0 unspecified atom stereocenters. The second kappa shape index (κ2) is 8.31. The van der Waals surface area contributed by atoms with Crippen LogP contribution in [0.3, 0.4) is 0 Å². The van der Waals surface area contributed by atoms with Crippen molar-refractivity contribution in [2.45, 2.75) is 44.6 Å². The summed E-state index contributed by atoms with van der Waals surface area (Å²) in [6.45, 7) is 7.27. The zero-order chi connectivity index (χ0) is 20.2. The summed E-state index contributed by atoms with van der Waals surface area (Å²) in [5.41, 5.74) is 0.813. The van der Waals surface area contributed by atoms with Crippen LogP contribution >= 0.6 is 11.6 Å². The smallest absolute Gasteiger partial charge is 0.264 e. The second-order valence-corrected chi connectivity index (χ2v) is 9.34. The van der Waals surface area contributed by atoms with E-state index in [-0.39, 0.29) is 17.3 Å². The van der Waals surface area contributed by atoms with Crippen LogP contribution in [0.1, 0.15) is 32.8 Å². The number of para-hydroxylation sites is 1. The SMILES string of the molecule is CCC(C)(C)NC(=O)CN(c1ccccc1C)S(=O)(=O)c1ccc(Cl)cc1. The number of hydrogen-bond donors (Lipinski definition) is 1. The van der Waals surface area contributed by atoms with Gasteiger partial charge in [0.25, 0.3) is 10.0 Å². The zero-order valence-electron chi connectivity index (χ0n) is 16.0. The summed E-state index contributed by atoms with van der Waals surface area (Å²) in [7, 11) is -3.94. The summed E-state index contributed by atoms with van der Waals surface area (Å²) in [6, 6.07) is 13.0. The molecule has 27 heavy (non-hydrogen) atoms. The molecule has 0 aromatic heterocycles. The number of aryl methyl sites for hydroxylation is 1. The Morgan fingerprint density at radius 2 is 1.70 bits per heavy atom. The Balaban J connectivity index is 2.46. The Labute approximate surface area is 166 Å². The molecule has 0 aliphatic heterocycles. The first-order chi connectivity index (χ1) is 12.6. The highest BCUT2D eigenvalue weighted by Gasteiger charge is 2.29. The van der Waals surface area contributed by atoms with Crippen LogP contribution in [-0.4, -0.2) is 26.4 Å². The van der Waals surface area contributed by atoms with Gasteiger partial charge >= 0.3 is 0 Å². The summed E-state index contributed by atoms with van der Waals surface area (Å²) < 4.78 is 27.7. The lowest BCUT2D eigenvalue weighted by molar-refractivity contribution is -0.121. The van der Waals surface area contributed by atoms with E-state index in [1.54, 1.807) is 12.1 Å². The molecule has 146 valence electrons. The molecule has 2 aromatic rings. The van der Waals surface area contributed by atoms with Gasteiger partial charge in [-0.2, -0.15) is 0 Å². The summed E-state index contributed by atoms with van der Waals surface area (Å²) in [5, 5.41) is 3.34. The average Bonchev–Trinajstić information content (AvgIpc) is 2.60. The molecule has 2 aromatic carbocycles. The van der Waals surface area contributed by atoms with Crippen LogP contribution in [0.2, 0.25) is 5.02 Å². The molecule has 2 rings (SSSR count). The van der Waals surface area contributed by atoms with Crippen LogP contribution < -0.4 is 9.62 Å². The Kier molecular flexibility index (Phi) is 6.54. The minimum atomic E-state index is -3.94. The number of nitrogens with one attached hydrogen (secondary N) is 1. The lowest BCUT2D eigenvalue weighted by Gasteiger charge is -2.29. The van der Waals surface area contributed by atoms with Gasteiger partial charge in [0.15, 0.2) is 0 Å². The maximum Gasteiger partial charge on any atom is 0.264 e. The highest BCUT2D eigenvalue weighted by atomic mass is 35.5. The molecule has 5 nitrogen and oxygen atoms in total. The van der Waals surface area contributed by atoms with Gasteiger partial charge in [0.1, 0.15) is 6.54 Å². The van der Waals surface area contributed by atoms with E-state index in [1.807, 2.05) is 39.8 Å². The number of anilines is 1. The highest BCUT2D eigenvalue weighted by Crippen LogP contribution is 2.27. The predicted molar refractivity (Wildman–Crippen MR) is 110 cm³/mol. The van der Waals surface area contributed by atoms with Crippen LogP contribution in [0.15, 0.2) is 53.4 Å². The van der Waals surface area contributed by atoms with Gasteiger partial charge in [-0.15, -0.1) is 0 Å². The third-order valence-electron chi connectivity index (χ3n) is 4.43. The number of carbonyl (C=O) groups is 1. The molecule has 7 heteroatoms. The van der Waals surface area contributed by atoms with Crippen molar-refractivity contribution < 1.29 is 13.2 Å². The molecule has 0 aliphatic carbocycles. The number of sulfonamides is 1. The van der Waals surface area contributed by atoms with Gasteiger partial charge in [0.05, 0.1) is 10.6 Å². The molecule has 1 amide bonds. The number of benzene rings is 2. The Morgan fingerprint density at radius 1 is 1.11 bits per heavy atom. The van der Waals surface area contributed by atoms with Gasteiger partial charge in [-0.05, 0) is 63.1 Å². The van der Waals surface area contributed by atoms with Gasteiger partial charge in [0, 0.05) is 10.6 Å². The zero-order valence-corrected chi connectivity index (χ0v) is 17.6. The van der Waals surface area contributed by atoms with Crippen LogP contribution in [0, 0.1) is 6.92 Å². The molecular weight excluding hydrogens is 384 g/mol.